The molecular weight excluding hydrogens is 314 g/mol. The normalized spacial score (nSPS) is 23.8. The van der Waals surface area contributed by atoms with E-state index in [9.17, 15) is 9.90 Å². The number of amides is 1. The molecule has 2 fully saturated rings. The van der Waals surface area contributed by atoms with E-state index in [0.29, 0.717) is 6.54 Å². The SMILES string of the molecule is Cc1cc(N2CCC3(CCCN(CCO)C3=O)C2)c2ccccc2n1. The number of nitrogens with zero attached hydrogens (tertiary/aromatic N) is 3. The zero-order valence-electron chi connectivity index (χ0n) is 14.7. The van der Waals surface area contributed by atoms with Crippen LogP contribution in [-0.2, 0) is 4.79 Å². The van der Waals surface area contributed by atoms with E-state index in [0.717, 1.165) is 55.5 Å². The van der Waals surface area contributed by atoms with Crippen LogP contribution in [0.2, 0.25) is 0 Å². The van der Waals surface area contributed by atoms with Crippen LogP contribution in [-0.4, -0.2) is 53.7 Å². The van der Waals surface area contributed by atoms with Crippen molar-refractivity contribution in [1.29, 1.82) is 0 Å². The van der Waals surface area contributed by atoms with Crippen LogP contribution in [0.25, 0.3) is 10.9 Å². The van der Waals surface area contributed by atoms with Crippen molar-refractivity contribution < 1.29 is 9.90 Å². The highest BCUT2D eigenvalue weighted by molar-refractivity contribution is 5.93. The predicted octanol–water partition coefficient (Wildman–Crippen LogP) is 2.35. The maximum Gasteiger partial charge on any atom is 0.230 e. The van der Waals surface area contributed by atoms with E-state index in [-0.39, 0.29) is 17.9 Å². The zero-order valence-corrected chi connectivity index (χ0v) is 14.7. The monoisotopic (exact) mass is 339 g/mol. The van der Waals surface area contributed by atoms with Gasteiger partial charge in [0.2, 0.25) is 5.91 Å². The van der Waals surface area contributed by atoms with Crippen LogP contribution in [0.5, 0.6) is 0 Å². The number of likely N-dealkylation sites (tertiary alicyclic amines) is 1. The topological polar surface area (TPSA) is 56.7 Å². The Hall–Kier alpha value is -2.14. The average Bonchev–Trinajstić information content (AvgIpc) is 3.03. The van der Waals surface area contributed by atoms with Gasteiger partial charge in [-0.3, -0.25) is 9.78 Å². The van der Waals surface area contributed by atoms with Gasteiger partial charge in [-0.2, -0.15) is 0 Å². The number of aryl methyl sites for hydroxylation is 1. The fraction of sp³-hybridized carbons (Fsp3) is 0.500. The predicted molar refractivity (Wildman–Crippen MR) is 98.6 cm³/mol. The van der Waals surface area contributed by atoms with Crippen molar-refractivity contribution in [2.45, 2.75) is 26.2 Å². The first-order valence-electron chi connectivity index (χ1n) is 9.15. The van der Waals surface area contributed by atoms with E-state index < -0.39 is 0 Å². The summed E-state index contributed by atoms with van der Waals surface area (Å²) in [5, 5.41) is 10.4. The lowest BCUT2D eigenvalue weighted by Crippen LogP contribution is -2.50. The van der Waals surface area contributed by atoms with E-state index >= 15 is 0 Å². The number of carbonyl (C=O) groups is 1. The molecule has 25 heavy (non-hydrogen) atoms. The molecule has 2 aliphatic rings. The standard InChI is InChI=1S/C20H25N3O2/c1-15-13-18(16-5-2-3-6-17(16)21-15)23-10-8-20(14-23)7-4-9-22(11-12-24)19(20)25/h2-3,5-6,13,24H,4,7-12,14H2,1H3. The number of β-amino-alcohol motifs (C(OH)–C–C–N with tert-alkyl or cyclic N) is 1. The largest absolute Gasteiger partial charge is 0.395 e. The summed E-state index contributed by atoms with van der Waals surface area (Å²) in [6.07, 6.45) is 2.87. The minimum atomic E-state index is -0.286. The lowest BCUT2D eigenvalue weighted by molar-refractivity contribution is -0.145. The molecule has 132 valence electrons. The third-order valence-corrected chi connectivity index (χ3v) is 5.71. The summed E-state index contributed by atoms with van der Waals surface area (Å²) in [7, 11) is 0. The molecule has 2 saturated heterocycles. The number of fused-ring (bicyclic) bond motifs is 1. The first kappa shape index (κ1) is 16.3. The molecule has 0 saturated carbocycles. The summed E-state index contributed by atoms with van der Waals surface area (Å²) in [6.45, 7) is 4.96. The maximum absolute atomic E-state index is 13.0. The van der Waals surface area contributed by atoms with Gasteiger partial charge in [-0.25, -0.2) is 0 Å². The van der Waals surface area contributed by atoms with Crippen molar-refractivity contribution in [1.82, 2.24) is 9.88 Å². The first-order valence-corrected chi connectivity index (χ1v) is 9.15. The van der Waals surface area contributed by atoms with Crippen LogP contribution < -0.4 is 4.90 Å². The molecule has 1 amide bonds. The minimum absolute atomic E-state index is 0.0414. The molecule has 0 aliphatic carbocycles. The van der Waals surface area contributed by atoms with Crippen molar-refractivity contribution in [3.63, 3.8) is 0 Å². The maximum atomic E-state index is 13.0. The number of aliphatic hydroxyl groups excluding tert-OH is 1. The van der Waals surface area contributed by atoms with Gasteiger partial charge in [-0.15, -0.1) is 0 Å². The Bertz CT molecular complexity index is 805. The summed E-state index contributed by atoms with van der Waals surface area (Å²) < 4.78 is 0. The van der Waals surface area contributed by atoms with Gasteiger partial charge in [0.25, 0.3) is 0 Å². The molecule has 1 spiro atoms. The highest BCUT2D eigenvalue weighted by Gasteiger charge is 2.48. The lowest BCUT2D eigenvalue weighted by Gasteiger charge is -2.39. The third-order valence-electron chi connectivity index (χ3n) is 5.71. The molecule has 1 unspecified atom stereocenters. The van der Waals surface area contributed by atoms with E-state index in [1.807, 2.05) is 30.0 Å². The Morgan fingerprint density at radius 2 is 2.08 bits per heavy atom. The quantitative estimate of drug-likeness (QED) is 0.933. The van der Waals surface area contributed by atoms with Crippen molar-refractivity contribution in [3.8, 4) is 0 Å². The van der Waals surface area contributed by atoms with Crippen molar-refractivity contribution >= 4 is 22.5 Å². The summed E-state index contributed by atoms with van der Waals surface area (Å²) in [5.41, 5.74) is 2.92. The number of aromatic nitrogens is 1. The molecule has 2 aliphatic heterocycles. The number of aliphatic hydroxyl groups is 1. The number of hydrogen-bond acceptors (Lipinski definition) is 4. The average molecular weight is 339 g/mol. The Kier molecular flexibility index (Phi) is 4.12. The van der Waals surface area contributed by atoms with Crippen molar-refractivity contribution in [2.24, 2.45) is 5.41 Å². The molecule has 1 atom stereocenters. The number of anilines is 1. The van der Waals surface area contributed by atoms with Gasteiger partial charge in [0, 0.05) is 42.9 Å². The van der Waals surface area contributed by atoms with E-state index in [1.165, 1.54) is 5.69 Å². The van der Waals surface area contributed by atoms with Crippen LogP contribution in [0.1, 0.15) is 25.0 Å². The summed E-state index contributed by atoms with van der Waals surface area (Å²) in [4.78, 5) is 21.9. The number of para-hydroxylation sites is 1. The number of piperidine rings is 1. The summed E-state index contributed by atoms with van der Waals surface area (Å²) >= 11 is 0. The van der Waals surface area contributed by atoms with Crippen LogP contribution >= 0.6 is 0 Å². The van der Waals surface area contributed by atoms with Crippen LogP contribution in [0, 0.1) is 12.3 Å². The zero-order chi connectivity index (χ0) is 17.4. The Morgan fingerprint density at radius 3 is 2.92 bits per heavy atom. The highest BCUT2D eigenvalue weighted by Crippen LogP contribution is 2.42. The third kappa shape index (κ3) is 2.76. The number of carbonyl (C=O) groups excluding carboxylic acids is 1. The molecule has 0 bridgehead atoms. The Balaban J connectivity index is 1.66. The minimum Gasteiger partial charge on any atom is -0.395 e. The van der Waals surface area contributed by atoms with E-state index in [2.05, 4.69) is 22.0 Å². The lowest BCUT2D eigenvalue weighted by atomic mass is 9.78. The molecule has 0 radical (unpaired) electrons. The number of benzene rings is 1. The van der Waals surface area contributed by atoms with Crippen molar-refractivity contribution in [3.05, 3.63) is 36.0 Å². The second kappa shape index (κ2) is 6.30. The van der Waals surface area contributed by atoms with Gasteiger partial charge in [0.1, 0.15) is 0 Å². The molecule has 4 rings (SSSR count). The molecule has 2 aromatic rings. The molecule has 5 heteroatoms. The summed E-state index contributed by atoms with van der Waals surface area (Å²) in [6, 6.07) is 10.4. The molecule has 1 aromatic carbocycles. The number of pyridine rings is 1. The number of rotatable bonds is 3. The van der Waals surface area contributed by atoms with Crippen LogP contribution in [0.15, 0.2) is 30.3 Å². The summed E-state index contributed by atoms with van der Waals surface area (Å²) in [5.74, 6) is 0.227. The van der Waals surface area contributed by atoms with Gasteiger partial charge in [0.15, 0.2) is 0 Å². The van der Waals surface area contributed by atoms with Crippen LogP contribution in [0.4, 0.5) is 5.69 Å². The first-order chi connectivity index (χ1) is 12.1. The van der Waals surface area contributed by atoms with E-state index in [1.54, 1.807) is 0 Å². The Labute approximate surface area is 148 Å². The molecule has 3 heterocycles. The second-order valence-electron chi connectivity index (χ2n) is 7.37. The highest BCUT2D eigenvalue weighted by atomic mass is 16.3. The fourth-order valence-corrected chi connectivity index (χ4v) is 4.49. The smallest absolute Gasteiger partial charge is 0.230 e. The molecule has 5 nitrogen and oxygen atoms in total. The van der Waals surface area contributed by atoms with Crippen LogP contribution in [0.3, 0.4) is 0 Å². The Morgan fingerprint density at radius 1 is 1.24 bits per heavy atom. The van der Waals surface area contributed by atoms with Gasteiger partial charge in [-0.05, 0) is 38.3 Å². The molecular formula is C20H25N3O2. The van der Waals surface area contributed by atoms with Gasteiger partial charge < -0.3 is 14.9 Å². The van der Waals surface area contributed by atoms with Gasteiger partial charge >= 0.3 is 0 Å². The van der Waals surface area contributed by atoms with Crippen molar-refractivity contribution in [2.75, 3.05) is 37.7 Å². The number of hydrogen-bond donors (Lipinski definition) is 1. The van der Waals surface area contributed by atoms with Gasteiger partial charge in [0.05, 0.1) is 17.5 Å². The fourth-order valence-electron chi connectivity index (χ4n) is 4.49. The van der Waals surface area contributed by atoms with E-state index in [4.69, 9.17) is 0 Å². The molecule has 1 N–H and O–H groups in total. The molecule has 1 aromatic heterocycles. The second-order valence-corrected chi connectivity index (χ2v) is 7.37. The van der Waals surface area contributed by atoms with Gasteiger partial charge in [-0.1, -0.05) is 18.2 Å².